The van der Waals surface area contributed by atoms with E-state index in [1.54, 1.807) is 26.5 Å². The molecular weight excluding hydrogens is 751 g/mol. The van der Waals surface area contributed by atoms with E-state index in [4.69, 9.17) is 0 Å². The summed E-state index contributed by atoms with van der Waals surface area (Å²) in [5.74, 6) is 2.90. The molecule has 10 rings (SSSR count). The van der Waals surface area contributed by atoms with Crippen molar-refractivity contribution < 1.29 is 46.1 Å². The second-order valence-electron chi connectivity index (χ2n) is 18.8. The van der Waals surface area contributed by atoms with Gasteiger partial charge in [-0.15, -0.1) is 0 Å². The fraction of sp³-hybridized carbons (Fsp3) is 0.408. The van der Waals surface area contributed by atoms with Crippen molar-refractivity contribution in [3.8, 4) is 11.1 Å². The van der Waals surface area contributed by atoms with Crippen LogP contribution in [0.1, 0.15) is 120 Å². The molecule has 268 valence electrons. The molecule has 0 saturated heterocycles. The molecule has 4 saturated carbocycles. The average molecular weight is 805 g/mol. The Kier molecular flexibility index (Phi) is 10.3. The van der Waals surface area contributed by atoms with Crippen LogP contribution < -0.4 is 28.1 Å². The van der Waals surface area contributed by atoms with Gasteiger partial charge in [0.1, 0.15) is 0 Å². The zero-order chi connectivity index (χ0) is 34.4. The summed E-state index contributed by atoms with van der Waals surface area (Å²) in [5.41, 5.74) is 14.4. The van der Waals surface area contributed by atoms with Crippen molar-refractivity contribution in [2.24, 2.45) is 23.2 Å². The number of benzene rings is 4. The molecule has 0 unspecified atom stereocenters. The second kappa shape index (κ2) is 14.1. The molecule has 0 spiro atoms. The van der Waals surface area contributed by atoms with Gasteiger partial charge in [-0.05, 0) is 0 Å². The Morgan fingerprint density at radius 1 is 0.654 bits per heavy atom. The van der Waals surface area contributed by atoms with Gasteiger partial charge in [-0.2, -0.15) is 0 Å². The first-order chi connectivity index (χ1) is 24.0. The SMILES string of the molecule is CC(C)(C)c1ccc2c(c1)Cc1c-2ccc(C(C)(C)C)[c]1[Zr+2]([C]1=CC(C23CC4CC(CC(C4)C2)C3)=CC1)=[C](c1ccccc1)c1ccccc1.[Cl-].[Cl-]. The van der Waals surface area contributed by atoms with E-state index in [0.717, 1.165) is 30.6 Å². The Balaban J connectivity index is 0.00000210. The monoisotopic (exact) mass is 802 g/mol. The molecule has 4 aromatic carbocycles. The van der Waals surface area contributed by atoms with E-state index in [1.165, 1.54) is 71.9 Å². The average Bonchev–Trinajstić information content (AvgIpc) is 3.72. The van der Waals surface area contributed by atoms with Crippen LogP contribution >= 0.6 is 0 Å². The third-order valence-electron chi connectivity index (χ3n) is 13.2. The number of fused-ring (bicyclic) bond motifs is 3. The number of hydrogen-bond acceptors (Lipinski definition) is 0. The van der Waals surface area contributed by atoms with Gasteiger partial charge in [-0.1, -0.05) is 0 Å². The van der Waals surface area contributed by atoms with Gasteiger partial charge in [-0.3, -0.25) is 0 Å². The Bertz CT molecular complexity index is 2010. The van der Waals surface area contributed by atoms with Crippen LogP contribution in [0.3, 0.4) is 0 Å². The molecule has 3 heteroatoms. The summed E-state index contributed by atoms with van der Waals surface area (Å²) in [6, 6.07) is 35.6. The molecule has 0 N–H and O–H groups in total. The van der Waals surface area contributed by atoms with Crippen molar-refractivity contribution in [3.05, 3.63) is 145 Å². The van der Waals surface area contributed by atoms with E-state index < -0.39 is 21.3 Å². The fourth-order valence-electron chi connectivity index (χ4n) is 11.3. The summed E-state index contributed by atoms with van der Waals surface area (Å²) in [5, 5.41) is 0. The van der Waals surface area contributed by atoms with Gasteiger partial charge in [-0.25, -0.2) is 0 Å². The normalized spacial score (nSPS) is 23.8. The van der Waals surface area contributed by atoms with Gasteiger partial charge in [0.2, 0.25) is 0 Å². The Hall–Kier alpha value is -2.31. The summed E-state index contributed by atoms with van der Waals surface area (Å²) in [4.78, 5) is 0. The van der Waals surface area contributed by atoms with Crippen molar-refractivity contribution in [1.82, 2.24) is 0 Å². The summed E-state index contributed by atoms with van der Waals surface area (Å²) >= 11 is -2.88. The molecule has 0 radical (unpaired) electrons. The first kappa shape index (κ1) is 38.0. The van der Waals surface area contributed by atoms with E-state index >= 15 is 0 Å². The molecule has 0 amide bonds. The van der Waals surface area contributed by atoms with Gasteiger partial charge in [0.15, 0.2) is 0 Å². The molecule has 0 heterocycles. The molecule has 52 heavy (non-hydrogen) atoms. The predicted molar refractivity (Wildman–Crippen MR) is 209 cm³/mol. The quantitative estimate of drug-likeness (QED) is 0.211. The fourth-order valence-corrected chi connectivity index (χ4v) is 20.3. The van der Waals surface area contributed by atoms with E-state index in [2.05, 4.69) is 145 Å². The zero-order valence-electron chi connectivity index (χ0n) is 32.0. The molecule has 4 bridgehead atoms. The van der Waals surface area contributed by atoms with Crippen molar-refractivity contribution in [1.29, 1.82) is 0 Å². The molecule has 0 aromatic heterocycles. The standard InChI is InChI=1S/C21H25.C15H19.C13H10.2ClH.Zr/c1-20(2,3)16-7-9-18-14(12-16)11-15-13-17(21(4,5)6)8-10-19(15)18;1-2-4-14(3-1)15-8-11-5-12(9-15)7-13(6-11)10-15;1-3-7-12(8-4-1)11-13-9-5-2-6-10-13;;;/h7-10,12H,11H2,1-6H3;3-4,11-13H,1,5-10H2;1-10H;2*1H;/q;;;;;+2/p-2. The number of halogens is 2. The van der Waals surface area contributed by atoms with Gasteiger partial charge < -0.3 is 24.8 Å². The minimum Gasteiger partial charge on any atom is -1.00 e. The zero-order valence-corrected chi connectivity index (χ0v) is 35.9. The molecule has 6 aliphatic carbocycles. The molecule has 0 nitrogen and oxygen atoms in total. The first-order valence-electron chi connectivity index (χ1n) is 19.5. The van der Waals surface area contributed by atoms with E-state index in [9.17, 15) is 0 Å². The van der Waals surface area contributed by atoms with Crippen LogP contribution in [-0.4, -0.2) is 3.21 Å². The van der Waals surface area contributed by atoms with E-state index in [-0.39, 0.29) is 35.6 Å². The van der Waals surface area contributed by atoms with Crippen LogP contribution in [0.2, 0.25) is 0 Å². The van der Waals surface area contributed by atoms with Gasteiger partial charge in [0, 0.05) is 0 Å². The third-order valence-corrected chi connectivity index (χ3v) is 20.9. The van der Waals surface area contributed by atoms with Crippen molar-refractivity contribution in [3.63, 3.8) is 0 Å². The Morgan fingerprint density at radius 3 is 1.75 bits per heavy atom. The smallest absolute Gasteiger partial charge is 1.00 e. The molecule has 0 aliphatic heterocycles. The Labute approximate surface area is 333 Å². The van der Waals surface area contributed by atoms with Gasteiger partial charge in [0.25, 0.3) is 0 Å². The summed E-state index contributed by atoms with van der Waals surface area (Å²) in [6.07, 6.45) is 16.6. The molecule has 6 aliphatic rings. The molecule has 0 atom stereocenters. The van der Waals surface area contributed by atoms with Gasteiger partial charge in [0.05, 0.1) is 0 Å². The molecule has 4 fully saturated rings. The molecular formula is C49H54Cl2Zr. The van der Waals surface area contributed by atoms with Crippen molar-refractivity contribution in [2.75, 3.05) is 0 Å². The van der Waals surface area contributed by atoms with Crippen molar-refractivity contribution >= 4 is 6.48 Å². The van der Waals surface area contributed by atoms with Crippen LogP contribution in [0.4, 0.5) is 0 Å². The summed E-state index contributed by atoms with van der Waals surface area (Å²) < 4.78 is 5.22. The minimum atomic E-state index is -2.88. The topological polar surface area (TPSA) is 0 Å². The van der Waals surface area contributed by atoms with E-state index in [1.807, 2.05) is 0 Å². The number of rotatable bonds is 5. The van der Waals surface area contributed by atoms with Crippen molar-refractivity contribution in [2.45, 2.75) is 104 Å². The van der Waals surface area contributed by atoms with E-state index in [0.29, 0.717) is 5.41 Å². The first-order valence-corrected chi connectivity index (χ1v) is 23.2. The second-order valence-corrected chi connectivity index (χ2v) is 24.7. The molecule has 4 aromatic rings. The number of allylic oxidation sites excluding steroid dienone is 4. The van der Waals surface area contributed by atoms with Crippen LogP contribution in [0.15, 0.2) is 112 Å². The van der Waals surface area contributed by atoms with Crippen LogP contribution in [0, 0.1) is 23.2 Å². The predicted octanol–water partition coefficient (Wildman–Crippen LogP) is 5.80. The van der Waals surface area contributed by atoms with Crippen LogP contribution in [0.5, 0.6) is 0 Å². The minimum absolute atomic E-state index is 0. The third kappa shape index (κ3) is 6.58. The maximum Gasteiger partial charge on any atom is -1.00 e. The summed E-state index contributed by atoms with van der Waals surface area (Å²) in [6.45, 7) is 14.5. The maximum atomic E-state index is 2.85. The van der Waals surface area contributed by atoms with Gasteiger partial charge >= 0.3 is 311 Å². The Morgan fingerprint density at radius 2 is 1.21 bits per heavy atom. The van der Waals surface area contributed by atoms with Crippen LogP contribution in [-0.2, 0) is 38.5 Å². The summed E-state index contributed by atoms with van der Waals surface area (Å²) in [7, 11) is 0. The maximum absolute atomic E-state index is 2.88. The number of hydrogen-bond donors (Lipinski definition) is 0. The van der Waals surface area contributed by atoms with Crippen LogP contribution in [0.25, 0.3) is 11.1 Å². The largest absolute Gasteiger partial charge is 1.00 e.